The van der Waals surface area contributed by atoms with E-state index >= 15 is 0 Å². The van der Waals surface area contributed by atoms with E-state index in [9.17, 15) is 19.5 Å². The number of carboxylic acid groups (broad SMARTS) is 1. The van der Waals surface area contributed by atoms with E-state index in [1.165, 1.54) is 0 Å². The van der Waals surface area contributed by atoms with Gasteiger partial charge in [-0.25, -0.2) is 10.2 Å². The Balaban J connectivity index is 1.16. The van der Waals surface area contributed by atoms with E-state index < -0.39 is 23.9 Å². The van der Waals surface area contributed by atoms with Gasteiger partial charge in [0.05, 0.1) is 6.42 Å². The van der Waals surface area contributed by atoms with E-state index in [2.05, 4.69) is 23.0 Å². The second-order valence-electron chi connectivity index (χ2n) is 9.49. The van der Waals surface area contributed by atoms with Gasteiger partial charge in [0.15, 0.2) is 0 Å². The Hall–Kier alpha value is -4.91. The number of amides is 2. The molecule has 0 spiro atoms. The molecule has 196 valence electrons. The molecular weight excluding hydrogens is 492 g/mol. The lowest BCUT2D eigenvalue weighted by Crippen LogP contribution is -2.42. The molecule has 7 nitrogen and oxygen atoms in total. The van der Waals surface area contributed by atoms with Gasteiger partial charge < -0.3 is 9.84 Å². The number of fused-ring (bicyclic) bond motifs is 3. The summed E-state index contributed by atoms with van der Waals surface area (Å²) < 4.78 is 5.44. The molecule has 5 rings (SSSR count). The van der Waals surface area contributed by atoms with Gasteiger partial charge in [0, 0.05) is 18.3 Å². The van der Waals surface area contributed by atoms with Crippen LogP contribution in [0.2, 0.25) is 0 Å². The summed E-state index contributed by atoms with van der Waals surface area (Å²) in [6, 6.07) is 33.4. The number of hydrogen-bond donors (Lipinski definition) is 3. The third kappa shape index (κ3) is 5.99. The molecular formula is C32H28N2O5. The second-order valence-corrected chi connectivity index (χ2v) is 9.49. The largest absolute Gasteiger partial charge is 0.481 e. The molecule has 7 heteroatoms. The monoisotopic (exact) mass is 520 g/mol. The van der Waals surface area contributed by atoms with Crippen LogP contribution in [0.1, 0.15) is 41.4 Å². The predicted octanol–water partition coefficient (Wildman–Crippen LogP) is 5.87. The summed E-state index contributed by atoms with van der Waals surface area (Å²) in [6.45, 7) is 0.116. The first-order valence-corrected chi connectivity index (χ1v) is 12.8. The average molecular weight is 521 g/mol. The fourth-order valence-electron chi connectivity index (χ4n) is 5.13. The van der Waals surface area contributed by atoms with Crippen LogP contribution in [0.25, 0.3) is 22.3 Å². The van der Waals surface area contributed by atoms with Crippen LogP contribution >= 0.6 is 0 Å². The van der Waals surface area contributed by atoms with Gasteiger partial charge in [0.25, 0.3) is 0 Å². The maximum atomic E-state index is 12.6. The first kappa shape index (κ1) is 25.7. The molecule has 1 unspecified atom stereocenters. The summed E-state index contributed by atoms with van der Waals surface area (Å²) >= 11 is 0. The Morgan fingerprint density at radius 1 is 0.692 bits per heavy atom. The Morgan fingerprint density at radius 2 is 1.26 bits per heavy atom. The molecule has 0 saturated heterocycles. The minimum absolute atomic E-state index is 0.0994. The van der Waals surface area contributed by atoms with Crippen molar-refractivity contribution in [2.75, 3.05) is 6.61 Å². The minimum atomic E-state index is -1.01. The van der Waals surface area contributed by atoms with E-state index in [-0.39, 0.29) is 25.4 Å². The van der Waals surface area contributed by atoms with Gasteiger partial charge in [-0.05, 0) is 38.9 Å². The highest BCUT2D eigenvalue weighted by atomic mass is 16.6. The topological polar surface area (TPSA) is 105 Å². The van der Waals surface area contributed by atoms with Crippen LogP contribution < -0.4 is 10.9 Å². The number of carboxylic acids is 1. The molecule has 0 saturated carbocycles. The van der Waals surface area contributed by atoms with Gasteiger partial charge in [-0.2, -0.15) is 0 Å². The van der Waals surface area contributed by atoms with E-state index in [1.807, 2.05) is 91.0 Å². The van der Waals surface area contributed by atoms with Crippen LogP contribution in [0.5, 0.6) is 0 Å². The molecule has 39 heavy (non-hydrogen) atoms. The first-order valence-electron chi connectivity index (χ1n) is 12.8. The molecule has 4 aromatic rings. The Labute approximate surface area is 226 Å². The quantitative estimate of drug-likeness (QED) is 0.252. The fourth-order valence-corrected chi connectivity index (χ4v) is 5.13. The third-order valence-electron chi connectivity index (χ3n) is 6.99. The summed E-state index contributed by atoms with van der Waals surface area (Å²) in [5.74, 6) is -2.18. The number of carbonyl (C=O) groups excluding carboxylic acids is 2. The zero-order valence-electron chi connectivity index (χ0n) is 21.2. The highest BCUT2D eigenvalue weighted by Gasteiger charge is 2.29. The van der Waals surface area contributed by atoms with Crippen molar-refractivity contribution in [1.82, 2.24) is 10.9 Å². The molecule has 4 aromatic carbocycles. The van der Waals surface area contributed by atoms with Gasteiger partial charge >= 0.3 is 12.1 Å². The molecule has 1 aliphatic carbocycles. The molecule has 0 radical (unpaired) electrons. The van der Waals surface area contributed by atoms with Crippen LogP contribution in [-0.4, -0.2) is 29.7 Å². The highest BCUT2D eigenvalue weighted by molar-refractivity contribution is 5.81. The SMILES string of the molecule is O=C(O)CC(CC(=O)NNC(=O)OCC1c2ccccc2-c2ccccc21)c1ccc(-c2ccccc2)cc1. The van der Waals surface area contributed by atoms with E-state index in [1.54, 1.807) is 0 Å². The van der Waals surface area contributed by atoms with Crippen LogP contribution in [0.4, 0.5) is 4.79 Å². The van der Waals surface area contributed by atoms with Crippen molar-refractivity contribution in [1.29, 1.82) is 0 Å². The van der Waals surface area contributed by atoms with Gasteiger partial charge in [-0.3, -0.25) is 15.0 Å². The zero-order valence-corrected chi connectivity index (χ0v) is 21.2. The molecule has 3 N–H and O–H groups in total. The van der Waals surface area contributed by atoms with Crippen LogP contribution in [0, 0.1) is 0 Å². The van der Waals surface area contributed by atoms with Crippen molar-refractivity contribution < 1.29 is 24.2 Å². The maximum Gasteiger partial charge on any atom is 0.426 e. The second kappa shape index (κ2) is 11.6. The highest BCUT2D eigenvalue weighted by Crippen LogP contribution is 2.44. The van der Waals surface area contributed by atoms with E-state index in [0.717, 1.165) is 38.9 Å². The van der Waals surface area contributed by atoms with Crippen LogP contribution in [0.3, 0.4) is 0 Å². The Kier molecular flexibility index (Phi) is 7.68. The van der Waals surface area contributed by atoms with Gasteiger partial charge in [-0.1, -0.05) is 103 Å². The van der Waals surface area contributed by atoms with Crippen LogP contribution in [-0.2, 0) is 14.3 Å². The van der Waals surface area contributed by atoms with Crippen molar-refractivity contribution >= 4 is 18.0 Å². The summed E-state index contributed by atoms with van der Waals surface area (Å²) in [5.41, 5.74) is 11.8. The third-order valence-corrected chi connectivity index (χ3v) is 6.99. The molecule has 0 heterocycles. The lowest BCUT2D eigenvalue weighted by molar-refractivity contribution is -0.137. The van der Waals surface area contributed by atoms with Crippen molar-refractivity contribution in [2.45, 2.75) is 24.7 Å². The van der Waals surface area contributed by atoms with Crippen molar-refractivity contribution in [3.8, 4) is 22.3 Å². The smallest absolute Gasteiger partial charge is 0.426 e. The number of carbonyl (C=O) groups is 3. The number of hydrogen-bond acceptors (Lipinski definition) is 4. The van der Waals surface area contributed by atoms with Crippen LogP contribution in [0.15, 0.2) is 103 Å². The maximum absolute atomic E-state index is 12.6. The minimum Gasteiger partial charge on any atom is -0.481 e. The number of nitrogens with one attached hydrogen (secondary N) is 2. The summed E-state index contributed by atoms with van der Waals surface area (Å²) in [4.78, 5) is 36.5. The standard InChI is InChI=1S/C32H28N2O5/c35-30(18-24(19-31(36)37)23-16-14-22(15-17-23)21-8-2-1-3-9-21)33-34-32(38)39-20-29-27-12-6-4-10-25(27)26-11-5-7-13-28(26)29/h1-17,24,29H,18-20H2,(H,33,35)(H,34,38)(H,36,37). The predicted molar refractivity (Wildman–Crippen MR) is 148 cm³/mol. The summed E-state index contributed by atoms with van der Waals surface area (Å²) in [7, 11) is 0. The normalized spacial score (nSPS) is 12.6. The fraction of sp³-hybridized carbons (Fsp3) is 0.156. The molecule has 0 fully saturated rings. The number of rotatable bonds is 8. The molecule has 2 amide bonds. The molecule has 0 aromatic heterocycles. The average Bonchev–Trinajstić information content (AvgIpc) is 3.28. The summed E-state index contributed by atoms with van der Waals surface area (Å²) in [6.07, 6.45) is -1.11. The zero-order chi connectivity index (χ0) is 27.2. The van der Waals surface area contributed by atoms with Crippen molar-refractivity contribution in [3.05, 3.63) is 120 Å². The molecule has 0 aliphatic heterocycles. The lowest BCUT2D eigenvalue weighted by Gasteiger charge is -2.17. The number of aliphatic carboxylic acids is 1. The molecule has 0 bridgehead atoms. The van der Waals surface area contributed by atoms with Crippen molar-refractivity contribution in [3.63, 3.8) is 0 Å². The number of hydrazine groups is 1. The number of benzene rings is 4. The van der Waals surface area contributed by atoms with Crippen molar-refractivity contribution in [2.24, 2.45) is 0 Å². The van der Waals surface area contributed by atoms with Gasteiger partial charge in [-0.15, -0.1) is 0 Å². The van der Waals surface area contributed by atoms with E-state index in [4.69, 9.17) is 4.74 Å². The molecule has 1 aliphatic rings. The van der Waals surface area contributed by atoms with Gasteiger partial charge in [0.1, 0.15) is 6.61 Å². The Morgan fingerprint density at radius 3 is 1.87 bits per heavy atom. The van der Waals surface area contributed by atoms with Gasteiger partial charge in [0.2, 0.25) is 5.91 Å². The molecule has 1 atom stereocenters. The summed E-state index contributed by atoms with van der Waals surface area (Å²) in [5, 5.41) is 9.40. The Bertz CT molecular complexity index is 1440. The number of ether oxygens (including phenoxy) is 1. The van der Waals surface area contributed by atoms with E-state index in [0.29, 0.717) is 0 Å². The first-order chi connectivity index (χ1) is 19.0. The lowest BCUT2D eigenvalue weighted by atomic mass is 9.91.